The minimum Gasteiger partial charge on any atom is -0.490 e. The molecule has 1 fully saturated rings. The first-order valence-electron chi connectivity index (χ1n) is 9.25. The second kappa shape index (κ2) is 10.3. The number of hydrogen-bond donors (Lipinski definition) is 2. The lowest BCUT2D eigenvalue weighted by atomic mass is 9.88. The second-order valence-corrected chi connectivity index (χ2v) is 7.69. The average Bonchev–Trinajstić information content (AvgIpc) is 3.53. The van der Waals surface area contributed by atoms with Gasteiger partial charge < -0.3 is 9.30 Å². The fourth-order valence-corrected chi connectivity index (χ4v) is 2.70. The number of pyridine rings is 1. The Balaban J connectivity index is 0.00000101. The smallest absolute Gasteiger partial charge is 0.335 e. The van der Waals surface area contributed by atoms with Gasteiger partial charge in [-0.25, -0.2) is 9.87 Å². The topological polar surface area (TPSA) is 115 Å². The first-order chi connectivity index (χ1) is 14.2. The first kappa shape index (κ1) is 23.4. The zero-order valence-corrected chi connectivity index (χ0v) is 17.4. The van der Waals surface area contributed by atoms with E-state index in [-0.39, 0.29) is 30.2 Å². The highest BCUT2D eigenvalue weighted by atomic mass is 32.1. The van der Waals surface area contributed by atoms with Crippen LogP contribution in [0.4, 0.5) is 4.39 Å². The lowest BCUT2D eigenvalue weighted by Gasteiger charge is -2.22. The number of ether oxygens (including phenoxy) is 1. The maximum Gasteiger partial charge on any atom is 0.335 e. The Hall–Kier alpha value is -2.85. The van der Waals surface area contributed by atoms with Crippen LogP contribution in [0.3, 0.4) is 0 Å². The monoisotopic (exact) mass is 438 g/mol. The second-order valence-electron chi connectivity index (χ2n) is 7.55. The van der Waals surface area contributed by atoms with Crippen molar-refractivity contribution in [3.05, 3.63) is 52.7 Å². The Morgan fingerprint density at radius 1 is 1.30 bits per heavy atom. The molecule has 30 heavy (non-hydrogen) atoms. The van der Waals surface area contributed by atoms with Crippen molar-refractivity contribution in [2.75, 3.05) is 0 Å². The predicted octanol–water partition coefficient (Wildman–Crippen LogP) is 2.45. The number of aromatic nitrogens is 1. The maximum absolute atomic E-state index is 14.6. The molecule has 1 aromatic carbocycles. The average molecular weight is 438 g/mol. The molecular formula is C20H23FN2O6S. The molecule has 0 bridgehead atoms. The fourth-order valence-electron chi connectivity index (χ4n) is 2.70. The zero-order chi connectivity index (χ0) is 22.3. The number of aryl methyl sites for hydroxylation is 1. The summed E-state index contributed by atoms with van der Waals surface area (Å²) in [6, 6.07) is 8.26. The molecule has 2 N–H and O–H groups in total. The van der Waals surface area contributed by atoms with Gasteiger partial charge in [-0.3, -0.25) is 14.8 Å². The summed E-state index contributed by atoms with van der Waals surface area (Å²) in [4.78, 5) is 24.0. The van der Waals surface area contributed by atoms with Crippen molar-refractivity contribution < 1.29 is 27.5 Å². The van der Waals surface area contributed by atoms with E-state index in [2.05, 4.69) is 0 Å². The Morgan fingerprint density at radius 3 is 2.43 bits per heavy atom. The Kier molecular flexibility index (Phi) is 8.01. The Labute approximate surface area is 176 Å². The van der Waals surface area contributed by atoms with Crippen LogP contribution in [0.2, 0.25) is 0 Å². The molecule has 0 aliphatic heterocycles. The van der Waals surface area contributed by atoms with Gasteiger partial charge in [0.1, 0.15) is 11.6 Å². The predicted molar refractivity (Wildman–Crippen MR) is 107 cm³/mol. The molecule has 2 aromatic rings. The summed E-state index contributed by atoms with van der Waals surface area (Å²) < 4.78 is 38.1. The number of nitrogens with zero attached hydrogens (tertiary/aromatic N) is 1. The highest BCUT2D eigenvalue weighted by Crippen LogP contribution is 2.29. The molecular weight excluding hydrogens is 415 g/mol. The third kappa shape index (κ3) is 6.33. The normalized spacial score (nSPS) is 13.1. The molecule has 3 rings (SSSR count). The van der Waals surface area contributed by atoms with Crippen molar-refractivity contribution in [3.8, 4) is 16.9 Å². The van der Waals surface area contributed by atoms with Gasteiger partial charge in [0.25, 0.3) is 5.56 Å². The molecule has 1 saturated carbocycles. The number of hydrogen-bond acceptors (Lipinski definition) is 6. The molecule has 0 atom stereocenters. The molecule has 0 unspecified atom stereocenters. The Morgan fingerprint density at radius 2 is 1.90 bits per heavy atom. The van der Waals surface area contributed by atoms with Crippen LogP contribution < -0.4 is 15.8 Å². The van der Waals surface area contributed by atoms with Gasteiger partial charge in [0.2, 0.25) is 5.91 Å². The third-order valence-electron chi connectivity index (χ3n) is 4.76. The van der Waals surface area contributed by atoms with Crippen molar-refractivity contribution in [1.29, 1.82) is 0 Å². The number of hydroxylamine groups is 1. The molecule has 1 aromatic heterocycles. The number of carbonyl (C=O) groups excluding carboxylic acids is 1. The summed E-state index contributed by atoms with van der Waals surface area (Å²) in [5, 5.41) is 8.76. The van der Waals surface area contributed by atoms with Crippen LogP contribution in [-0.2, 0) is 22.9 Å². The lowest BCUT2D eigenvalue weighted by Crippen LogP contribution is -2.36. The van der Waals surface area contributed by atoms with Crippen molar-refractivity contribution in [1.82, 2.24) is 10.0 Å². The molecule has 1 heterocycles. The van der Waals surface area contributed by atoms with Gasteiger partial charge in [-0.2, -0.15) is 8.42 Å². The van der Waals surface area contributed by atoms with Crippen molar-refractivity contribution in [2.24, 2.45) is 5.41 Å². The quantitative estimate of drug-likeness (QED) is 0.507. The molecule has 0 radical (unpaired) electrons. The third-order valence-corrected chi connectivity index (χ3v) is 4.76. The summed E-state index contributed by atoms with van der Waals surface area (Å²) in [7, 11) is 0. The van der Waals surface area contributed by atoms with Crippen molar-refractivity contribution in [2.45, 2.75) is 45.8 Å². The SMILES string of the molecule is CC(C)(CCn1cc(F)c(-c2ccc(OC3CC3)cc2)cc1=O)C(=O)NO.O=S=O. The largest absolute Gasteiger partial charge is 0.490 e. The summed E-state index contributed by atoms with van der Waals surface area (Å²) in [5.74, 6) is -0.338. The number of rotatable bonds is 7. The van der Waals surface area contributed by atoms with Crippen molar-refractivity contribution in [3.63, 3.8) is 0 Å². The van der Waals surface area contributed by atoms with E-state index in [4.69, 9.17) is 18.4 Å². The molecule has 0 spiro atoms. The minimum atomic E-state index is -0.888. The fraction of sp³-hybridized carbons (Fsp3) is 0.400. The molecule has 0 saturated heterocycles. The number of halogens is 1. The van der Waals surface area contributed by atoms with E-state index in [1.54, 1.807) is 43.6 Å². The first-order valence-corrected chi connectivity index (χ1v) is 9.92. The van der Waals surface area contributed by atoms with E-state index in [0.29, 0.717) is 5.56 Å². The molecule has 1 aliphatic carbocycles. The standard InChI is InChI=1S/C20H23FN2O4.O2S/c1-20(2,19(25)22-26)9-10-23-12-17(21)16(11-18(23)24)13-3-5-14(6-4-13)27-15-7-8-15;1-3-2/h3-6,11-12,15,26H,7-10H2,1-2H3,(H,22,25);. The molecule has 8 nitrogen and oxygen atoms in total. The van der Waals surface area contributed by atoms with E-state index in [1.807, 2.05) is 0 Å². The Bertz CT molecular complexity index is 980. The van der Waals surface area contributed by atoms with Crippen molar-refractivity contribution >= 4 is 17.5 Å². The van der Waals surface area contributed by atoms with Crippen LogP contribution in [0.15, 0.2) is 41.3 Å². The zero-order valence-electron chi connectivity index (χ0n) is 16.6. The van der Waals surface area contributed by atoms with Crippen LogP contribution in [0.25, 0.3) is 11.1 Å². The molecule has 1 amide bonds. The van der Waals surface area contributed by atoms with E-state index in [9.17, 15) is 14.0 Å². The van der Waals surface area contributed by atoms with Gasteiger partial charge >= 0.3 is 11.6 Å². The summed E-state index contributed by atoms with van der Waals surface area (Å²) in [6.07, 6.45) is 3.83. The lowest BCUT2D eigenvalue weighted by molar-refractivity contribution is -0.138. The van der Waals surface area contributed by atoms with Crippen LogP contribution in [0, 0.1) is 11.2 Å². The van der Waals surface area contributed by atoms with Crippen LogP contribution in [-0.4, -0.2) is 30.2 Å². The van der Waals surface area contributed by atoms with Gasteiger partial charge in [-0.1, -0.05) is 26.0 Å². The highest BCUT2D eigenvalue weighted by Gasteiger charge is 2.27. The van der Waals surface area contributed by atoms with E-state index < -0.39 is 28.7 Å². The van der Waals surface area contributed by atoms with Gasteiger partial charge in [0.15, 0.2) is 0 Å². The number of carbonyl (C=O) groups is 1. The summed E-state index contributed by atoms with van der Waals surface area (Å²) in [6.45, 7) is 3.43. The molecule has 162 valence electrons. The van der Waals surface area contributed by atoms with Crippen LogP contribution >= 0.6 is 0 Å². The van der Waals surface area contributed by atoms with Crippen LogP contribution in [0.1, 0.15) is 33.1 Å². The molecule has 10 heteroatoms. The number of amides is 1. The minimum absolute atomic E-state index is 0.157. The molecule has 1 aliphatic rings. The summed E-state index contributed by atoms with van der Waals surface area (Å²) >= 11 is -0.750. The van der Waals surface area contributed by atoms with Gasteiger partial charge in [0, 0.05) is 29.8 Å². The van der Waals surface area contributed by atoms with Gasteiger partial charge in [-0.05, 0) is 37.0 Å². The van der Waals surface area contributed by atoms with E-state index >= 15 is 0 Å². The van der Waals surface area contributed by atoms with Gasteiger partial charge in [-0.15, -0.1) is 0 Å². The highest BCUT2D eigenvalue weighted by molar-refractivity contribution is 7.51. The van der Waals surface area contributed by atoms with E-state index in [1.165, 1.54) is 10.6 Å². The summed E-state index contributed by atoms with van der Waals surface area (Å²) in [5.41, 5.74) is 1.18. The number of nitrogens with one attached hydrogen (secondary N) is 1. The van der Waals surface area contributed by atoms with E-state index in [0.717, 1.165) is 24.8 Å². The maximum atomic E-state index is 14.6. The number of benzene rings is 1. The van der Waals surface area contributed by atoms with Gasteiger partial charge in [0.05, 0.1) is 6.10 Å². The van der Waals surface area contributed by atoms with Crippen LogP contribution in [0.5, 0.6) is 5.75 Å².